The van der Waals surface area contributed by atoms with Gasteiger partial charge in [-0.3, -0.25) is 14.5 Å². The summed E-state index contributed by atoms with van der Waals surface area (Å²) in [6.07, 6.45) is 17.9. The second-order valence-corrected chi connectivity index (χ2v) is 12.8. The number of imide groups is 1. The lowest BCUT2D eigenvalue weighted by atomic mass is 9.89. The number of benzene rings is 2. The molecule has 2 heterocycles. The van der Waals surface area contributed by atoms with Gasteiger partial charge in [0, 0.05) is 19.0 Å². The topological polar surface area (TPSA) is 53.0 Å². The molecular formula is C39H49N3O2. The van der Waals surface area contributed by atoms with E-state index in [9.17, 15) is 9.59 Å². The SMILES string of the molecule is CCCCN1C2=CCC(C)C(=O)N(CCCCCC3C=CC(c4ccc(CC)cc4)=CC3)C(=O)C2=Nc2cc(C)c(C)cc21. The van der Waals surface area contributed by atoms with E-state index in [2.05, 4.69) is 93.3 Å². The molecule has 0 spiro atoms. The van der Waals surface area contributed by atoms with E-state index in [1.165, 1.54) is 27.2 Å². The first kappa shape index (κ1) is 31.7. The number of allylic oxidation sites excluding steroid dienone is 5. The number of rotatable bonds is 11. The number of amides is 2. The third kappa shape index (κ3) is 6.98. The summed E-state index contributed by atoms with van der Waals surface area (Å²) in [5.74, 6) is -0.0326. The van der Waals surface area contributed by atoms with Crippen LogP contribution in [0.3, 0.4) is 0 Å². The number of hydrogen-bond donors (Lipinski definition) is 0. The molecule has 2 unspecified atom stereocenters. The Morgan fingerprint density at radius 3 is 2.32 bits per heavy atom. The summed E-state index contributed by atoms with van der Waals surface area (Å²) in [6.45, 7) is 11.8. The number of anilines is 1. The van der Waals surface area contributed by atoms with Gasteiger partial charge in [-0.15, -0.1) is 0 Å². The van der Waals surface area contributed by atoms with Gasteiger partial charge < -0.3 is 4.90 Å². The van der Waals surface area contributed by atoms with Gasteiger partial charge in [0.2, 0.25) is 5.91 Å². The Hall–Kier alpha value is -3.73. The largest absolute Gasteiger partial charge is 0.338 e. The van der Waals surface area contributed by atoms with Gasteiger partial charge in [-0.05, 0) is 98.2 Å². The number of carbonyl (C=O) groups is 2. The zero-order chi connectivity index (χ0) is 31.2. The standard InChI is InChI=1S/C39H49N3O2/c1-6-8-23-41-35-22-13-27(3)38(43)42(39(44)37(35)40-34-25-28(4)29(5)26-36(34)41)24-11-9-10-12-31-16-20-33(21-17-31)32-18-14-30(7-2)15-19-32/h14-16,18-22,25-27,31H,6-13,17,23-24H2,1-5H3. The molecular weight excluding hydrogens is 542 g/mol. The first-order valence-corrected chi connectivity index (χ1v) is 16.8. The van der Waals surface area contributed by atoms with Gasteiger partial charge in [-0.25, -0.2) is 4.99 Å². The van der Waals surface area contributed by atoms with Crippen molar-refractivity contribution in [3.63, 3.8) is 0 Å². The van der Waals surface area contributed by atoms with Crippen LogP contribution in [0.5, 0.6) is 0 Å². The number of fused-ring (bicyclic) bond motifs is 2. The van der Waals surface area contributed by atoms with E-state index in [-0.39, 0.29) is 17.7 Å². The maximum absolute atomic E-state index is 14.1. The molecule has 0 fully saturated rings. The van der Waals surface area contributed by atoms with Gasteiger partial charge in [0.15, 0.2) is 5.71 Å². The first-order valence-electron chi connectivity index (χ1n) is 16.8. The molecule has 0 radical (unpaired) electrons. The van der Waals surface area contributed by atoms with Crippen molar-refractivity contribution >= 4 is 34.5 Å². The zero-order valence-corrected chi connectivity index (χ0v) is 27.4. The molecule has 44 heavy (non-hydrogen) atoms. The molecule has 0 aromatic heterocycles. The van der Waals surface area contributed by atoms with Crippen molar-refractivity contribution in [2.75, 3.05) is 18.0 Å². The summed E-state index contributed by atoms with van der Waals surface area (Å²) in [4.78, 5) is 36.2. The highest BCUT2D eigenvalue weighted by Crippen LogP contribution is 2.40. The van der Waals surface area contributed by atoms with Crippen molar-refractivity contribution in [1.29, 1.82) is 0 Å². The van der Waals surface area contributed by atoms with Gasteiger partial charge >= 0.3 is 0 Å². The fraction of sp³-hybridized carbons (Fsp3) is 0.462. The number of aryl methyl sites for hydroxylation is 3. The van der Waals surface area contributed by atoms with Crippen molar-refractivity contribution in [1.82, 2.24) is 4.90 Å². The van der Waals surface area contributed by atoms with Crippen LogP contribution in [0, 0.1) is 25.7 Å². The molecule has 2 atom stereocenters. The Kier molecular flexibility index (Phi) is 10.3. The van der Waals surface area contributed by atoms with Crippen LogP contribution >= 0.6 is 0 Å². The molecule has 0 saturated heterocycles. The monoisotopic (exact) mass is 591 g/mol. The minimum atomic E-state index is -0.252. The van der Waals surface area contributed by atoms with E-state index in [4.69, 9.17) is 4.99 Å². The van der Waals surface area contributed by atoms with Crippen LogP contribution in [0.15, 0.2) is 71.4 Å². The molecule has 5 nitrogen and oxygen atoms in total. The minimum absolute atomic E-state index is 0.0844. The lowest BCUT2D eigenvalue weighted by Crippen LogP contribution is -2.48. The molecule has 2 aromatic rings. The van der Waals surface area contributed by atoms with Gasteiger partial charge in [-0.2, -0.15) is 0 Å². The van der Waals surface area contributed by atoms with Crippen molar-refractivity contribution in [3.05, 3.63) is 88.7 Å². The fourth-order valence-electron chi connectivity index (χ4n) is 6.42. The maximum Gasteiger partial charge on any atom is 0.281 e. The van der Waals surface area contributed by atoms with Gasteiger partial charge in [0.05, 0.1) is 17.1 Å². The van der Waals surface area contributed by atoms with Crippen molar-refractivity contribution < 1.29 is 9.59 Å². The van der Waals surface area contributed by atoms with Gasteiger partial charge in [0.25, 0.3) is 5.91 Å². The summed E-state index contributed by atoms with van der Waals surface area (Å²) < 4.78 is 0. The molecule has 5 heteroatoms. The van der Waals surface area contributed by atoms with Gasteiger partial charge in [0.1, 0.15) is 0 Å². The lowest BCUT2D eigenvalue weighted by molar-refractivity contribution is -0.143. The second-order valence-electron chi connectivity index (χ2n) is 12.8. The third-order valence-corrected chi connectivity index (χ3v) is 9.52. The number of aliphatic imine (C=N–C) groups is 1. The summed E-state index contributed by atoms with van der Waals surface area (Å²) in [7, 11) is 0. The summed E-state index contributed by atoms with van der Waals surface area (Å²) in [5.41, 5.74) is 9.50. The number of hydrogen-bond acceptors (Lipinski definition) is 4. The van der Waals surface area contributed by atoms with E-state index in [0.29, 0.717) is 24.6 Å². The Bertz CT molecular complexity index is 1490. The van der Waals surface area contributed by atoms with Crippen LogP contribution in [0.2, 0.25) is 0 Å². The summed E-state index contributed by atoms with van der Waals surface area (Å²) in [6, 6.07) is 13.2. The predicted molar refractivity (Wildman–Crippen MR) is 183 cm³/mol. The molecule has 2 amide bonds. The van der Waals surface area contributed by atoms with Crippen molar-refractivity contribution in [2.45, 2.75) is 92.4 Å². The molecule has 0 saturated carbocycles. The Morgan fingerprint density at radius 1 is 0.864 bits per heavy atom. The maximum atomic E-state index is 14.1. The minimum Gasteiger partial charge on any atom is -0.338 e. The van der Waals surface area contributed by atoms with E-state index in [0.717, 1.165) is 80.5 Å². The molecule has 5 rings (SSSR count). The highest BCUT2D eigenvalue weighted by molar-refractivity contribution is 6.49. The molecule has 2 aromatic carbocycles. The quantitative estimate of drug-likeness (QED) is 0.193. The van der Waals surface area contributed by atoms with Crippen LogP contribution < -0.4 is 4.90 Å². The molecule has 0 N–H and O–H groups in total. The zero-order valence-electron chi connectivity index (χ0n) is 27.4. The van der Waals surface area contributed by atoms with Crippen molar-refractivity contribution in [2.24, 2.45) is 16.8 Å². The van der Waals surface area contributed by atoms with Crippen molar-refractivity contribution in [3.8, 4) is 0 Å². The molecule has 1 aliphatic carbocycles. The van der Waals surface area contributed by atoms with Gasteiger partial charge in [-0.1, -0.05) is 88.6 Å². The van der Waals surface area contributed by atoms with E-state index < -0.39 is 0 Å². The Morgan fingerprint density at radius 2 is 1.61 bits per heavy atom. The third-order valence-electron chi connectivity index (χ3n) is 9.52. The highest BCUT2D eigenvalue weighted by atomic mass is 16.2. The molecule has 3 aliphatic rings. The number of carbonyl (C=O) groups excluding carboxylic acids is 2. The predicted octanol–water partition coefficient (Wildman–Crippen LogP) is 9.06. The van der Waals surface area contributed by atoms with E-state index >= 15 is 0 Å². The number of unbranched alkanes of at least 4 members (excludes halogenated alkanes) is 3. The Balaban J connectivity index is 1.22. The Labute approximate surface area is 264 Å². The number of nitrogens with zero attached hydrogens (tertiary/aromatic N) is 3. The molecule has 0 bridgehead atoms. The average Bonchev–Trinajstić information content (AvgIpc) is 3.04. The van der Waals surface area contributed by atoms with Crippen LogP contribution in [-0.2, 0) is 16.0 Å². The summed E-state index contributed by atoms with van der Waals surface area (Å²) >= 11 is 0. The van der Waals surface area contributed by atoms with Crippen LogP contribution in [0.1, 0.15) is 94.4 Å². The summed E-state index contributed by atoms with van der Waals surface area (Å²) in [5, 5.41) is 0. The van der Waals surface area contributed by atoms with Crippen LogP contribution in [-0.4, -0.2) is 35.5 Å². The normalized spacial score (nSPS) is 20.0. The highest BCUT2D eigenvalue weighted by Gasteiger charge is 2.37. The smallest absolute Gasteiger partial charge is 0.281 e. The second kappa shape index (κ2) is 14.4. The van der Waals surface area contributed by atoms with E-state index in [1.54, 1.807) is 0 Å². The molecule has 232 valence electrons. The average molecular weight is 592 g/mol. The molecule has 2 aliphatic heterocycles. The first-order chi connectivity index (χ1) is 21.3. The van der Waals surface area contributed by atoms with Crippen LogP contribution in [0.4, 0.5) is 11.4 Å². The lowest BCUT2D eigenvalue weighted by Gasteiger charge is -2.36. The van der Waals surface area contributed by atoms with Crippen LogP contribution in [0.25, 0.3) is 5.57 Å². The van der Waals surface area contributed by atoms with E-state index in [1.807, 2.05) is 6.92 Å². The fourth-order valence-corrected chi connectivity index (χ4v) is 6.42.